The maximum absolute atomic E-state index is 14.1. The third-order valence-corrected chi connectivity index (χ3v) is 7.42. The zero-order valence-corrected chi connectivity index (χ0v) is 16.9. The first-order valence-electron chi connectivity index (χ1n) is 10.3. The van der Waals surface area contributed by atoms with Gasteiger partial charge in [0.2, 0.25) is 5.91 Å². The maximum Gasteiger partial charge on any atom is 0.261 e. The summed E-state index contributed by atoms with van der Waals surface area (Å²) in [5.41, 5.74) is 0.426. The Bertz CT molecular complexity index is 776. The van der Waals surface area contributed by atoms with Gasteiger partial charge in [0.15, 0.2) is 0 Å². The van der Waals surface area contributed by atoms with Crippen LogP contribution in [0.15, 0.2) is 29.2 Å². The van der Waals surface area contributed by atoms with Gasteiger partial charge in [-0.25, -0.2) is 4.39 Å². The van der Waals surface area contributed by atoms with Gasteiger partial charge in [-0.15, -0.1) is 11.8 Å². The van der Waals surface area contributed by atoms with E-state index >= 15 is 0 Å². The fourth-order valence-corrected chi connectivity index (χ4v) is 5.95. The van der Waals surface area contributed by atoms with Crippen molar-refractivity contribution in [3.05, 3.63) is 40.6 Å². The van der Waals surface area contributed by atoms with Gasteiger partial charge in [-0.2, -0.15) is 0 Å². The maximum atomic E-state index is 14.1. The summed E-state index contributed by atoms with van der Waals surface area (Å²) in [4.78, 5) is 30.3. The molecule has 28 heavy (non-hydrogen) atoms. The molecule has 1 aliphatic carbocycles. The van der Waals surface area contributed by atoms with Crippen molar-refractivity contribution in [2.24, 2.45) is 0 Å². The highest BCUT2D eigenvalue weighted by Gasteiger charge is 2.41. The summed E-state index contributed by atoms with van der Waals surface area (Å²) in [5, 5.41) is 0.290. The minimum atomic E-state index is -0.329. The van der Waals surface area contributed by atoms with Crippen LogP contribution in [0.2, 0.25) is 0 Å². The van der Waals surface area contributed by atoms with Crippen LogP contribution in [0.4, 0.5) is 4.39 Å². The number of carbonyl (C=O) groups excluding carboxylic acids is 2. The van der Waals surface area contributed by atoms with E-state index in [-0.39, 0.29) is 30.2 Å². The van der Waals surface area contributed by atoms with Crippen LogP contribution in [0.25, 0.3) is 6.08 Å². The molecule has 1 saturated carbocycles. The first-order valence-corrected chi connectivity index (χ1v) is 11.2. The monoisotopic (exact) mass is 402 g/mol. The molecule has 3 fully saturated rings. The van der Waals surface area contributed by atoms with Crippen molar-refractivity contribution in [1.29, 1.82) is 0 Å². The van der Waals surface area contributed by atoms with E-state index in [4.69, 9.17) is 0 Å². The van der Waals surface area contributed by atoms with E-state index in [1.165, 1.54) is 12.5 Å². The second-order valence-electron chi connectivity index (χ2n) is 7.91. The van der Waals surface area contributed by atoms with Crippen molar-refractivity contribution in [2.45, 2.75) is 56.2 Å². The van der Waals surface area contributed by atoms with Crippen LogP contribution in [0.5, 0.6) is 0 Å². The van der Waals surface area contributed by atoms with Crippen LogP contribution in [-0.2, 0) is 9.59 Å². The van der Waals surface area contributed by atoms with Crippen LogP contribution in [0.1, 0.15) is 50.5 Å². The smallest absolute Gasteiger partial charge is 0.261 e. The number of piperidine rings is 1. The minimum absolute atomic E-state index is 0.0505. The molecular formula is C22H27FN2O2S. The van der Waals surface area contributed by atoms with Gasteiger partial charge in [0.25, 0.3) is 5.91 Å². The van der Waals surface area contributed by atoms with E-state index < -0.39 is 0 Å². The van der Waals surface area contributed by atoms with Crippen LogP contribution in [0.3, 0.4) is 0 Å². The molecule has 6 heteroatoms. The predicted molar refractivity (Wildman–Crippen MR) is 110 cm³/mol. The molecule has 0 bridgehead atoms. The molecule has 4 nitrogen and oxygen atoms in total. The molecule has 2 saturated heterocycles. The van der Waals surface area contributed by atoms with Crippen molar-refractivity contribution in [1.82, 2.24) is 9.80 Å². The highest BCUT2D eigenvalue weighted by Crippen LogP contribution is 2.42. The van der Waals surface area contributed by atoms with Crippen LogP contribution >= 0.6 is 11.8 Å². The van der Waals surface area contributed by atoms with Gasteiger partial charge in [0.05, 0.1) is 4.91 Å². The van der Waals surface area contributed by atoms with E-state index in [0.29, 0.717) is 15.7 Å². The SMILES string of the molecule is O=C(CN1C(=O)/C(=C/c2ccccc2F)SC2CCCCC21)N1CCCCC1. The molecule has 1 aromatic carbocycles. The Morgan fingerprint density at radius 1 is 1.11 bits per heavy atom. The van der Waals surface area contributed by atoms with Crippen molar-refractivity contribution in [2.75, 3.05) is 19.6 Å². The van der Waals surface area contributed by atoms with Crippen molar-refractivity contribution >= 4 is 29.7 Å². The molecule has 0 spiro atoms. The lowest BCUT2D eigenvalue weighted by molar-refractivity contribution is -0.141. The predicted octanol–water partition coefficient (Wildman–Crippen LogP) is 4.07. The Morgan fingerprint density at radius 3 is 2.64 bits per heavy atom. The number of amides is 2. The van der Waals surface area contributed by atoms with E-state index in [0.717, 1.165) is 51.6 Å². The molecule has 0 N–H and O–H groups in total. The number of thioether (sulfide) groups is 1. The fourth-order valence-electron chi connectivity index (χ4n) is 4.48. The highest BCUT2D eigenvalue weighted by molar-refractivity contribution is 8.04. The molecule has 2 atom stereocenters. The van der Waals surface area contributed by atoms with Crippen molar-refractivity contribution in [3.8, 4) is 0 Å². The van der Waals surface area contributed by atoms with E-state index in [1.54, 1.807) is 40.9 Å². The summed E-state index contributed by atoms with van der Waals surface area (Å²) < 4.78 is 14.1. The van der Waals surface area contributed by atoms with Gasteiger partial charge in [0, 0.05) is 29.9 Å². The first-order chi connectivity index (χ1) is 13.6. The summed E-state index contributed by atoms with van der Waals surface area (Å²) in [6, 6.07) is 6.62. The number of likely N-dealkylation sites (tertiary alicyclic amines) is 1. The van der Waals surface area contributed by atoms with E-state index in [1.807, 2.05) is 4.90 Å². The number of carbonyl (C=O) groups is 2. The summed E-state index contributed by atoms with van der Waals surface area (Å²) in [7, 11) is 0. The molecule has 2 amide bonds. The summed E-state index contributed by atoms with van der Waals surface area (Å²) in [5.74, 6) is -0.401. The van der Waals surface area contributed by atoms with Crippen LogP contribution in [0, 0.1) is 5.82 Å². The largest absolute Gasteiger partial charge is 0.341 e. The van der Waals surface area contributed by atoms with Gasteiger partial charge < -0.3 is 9.80 Å². The van der Waals surface area contributed by atoms with Crippen LogP contribution < -0.4 is 0 Å². The lowest BCUT2D eigenvalue weighted by atomic mass is 9.93. The standard InChI is InChI=1S/C22H27FN2O2S/c23-17-9-3-2-8-16(17)14-20-22(27)25(18-10-4-5-11-19(18)28-20)15-21(26)24-12-6-1-7-13-24/h2-3,8-9,14,18-19H,1,4-7,10-13,15H2/b20-14-. The Kier molecular flexibility index (Phi) is 6.04. The summed E-state index contributed by atoms with van der Waals surface area (Å²) >= 11 is 1.57. The zero-order valence-electron chi connectivity index (χ0n) is 16.1. The number of nitrogens with zero attached hydrogens (tertiary/aromatic N) is 2. The molecule has 0 radical (unpaired) electrons. The van der Waals surface area contributed by atoms with Gasteiger partial charge in [0.1, 0.15) is 12.4 Å². The topological polar surface area (TPSA) is 40.6 Å². The third-order valence-electron chi connectivity index (χ3n) is 6.02. The van der Waals surface area contributed by atoms with E-state index in [9.17, 15) is 14.0 Å². The van der Waals surface area contributed by atoms with E-state index in [2.05, 4.69) is 0 Å². The number of benzene rings is 1. The molecular weight excluding hydrogens is 375 g/mol. The molecule has 2 aliphatic heterocycles. The average Bonchev–Trinajstić information content (AvgIpc) is 2.73. The Balaban J connectivity index is 1.58. The van der Waals surface area contributed by atoms with Gasteiger partial charge in [-0.3, -0.25) is 9.59 Å². The molecule has 2 unspecified atom stereocenters. The second-order valence-corrected chi connectivity index (χ2v) is 9.19. The quantitative estimate of drug-likeness (QED) is 0.716. The highest BCUT2D eigenvalue weighted by atomic mass is 32.2. The molecule has 0 aromatic heterocycles. The average molecular weight is 403 g/mol. The lowest BCUT2D eigenvalue weighted by Gasteiger charge is -2.44. The molecule has 3 aliphatic rings. The summed E-state index contributed by atoms with van der Waals surface area (Å²) in [6.45, 7) is 1.73. The lowest BCUT2D eigenvalue weighted by Crippen LogP contribution is -2.55. The Morgan fingerprint density at radius 2 is 1.86 bits per heavy atom. The number of halogens is 1. The molecule has 4 rings (SSSR count). The van der Waals surface area contributed by atoms with Gasteiger partial charge >= 0.3 is 0 Å². The van der Waals surface area contributed by atoms with Crippen molar-refractivity contribution in [3.63, 3.8) is 0 Å². The summed E-state index contributed by atoms with van der Waals surface area (Å²) in [6.07, 6.45) is 9.13. The minimum Gasteiger partial charge on any atom is -0.341 e. The fraction of sp³-hybridized carbons (Fsp3) is 0.545. The number of fused-ring (bicyclic) bond motifs is 1. The van der Waals surface area contributed by atoms with Gasteiger partial charge in [-0.1, -0.05) is 31.0 Å². The number of hydrogen-bond donors (Lipinski definition) is 0. The van der Waals surface area contributed by atoms with Gasteiger partial charge in [-0.05, 0) is 44.2 Å². The first kappa shape index (κ1) is 19.5. The molecule has 1 aromatic rings. The Hall–Kier alpha value is -1.82. The zero-order chi connectivity index (χ0) is 19.5. The molecule has 2 heterocycles. The van der Waals surface area contributed by atoms with Crippen molar-refractivity contribution < 1.29 is 14.0 Å². The molecule has 150 valence electrons. The number of rotatable bonds is 3. The Labute approximate surface area is 170 Å². The normalized spacial score (nSPS) is 27.0. The number of hydrogen-bond acceptors (Lipinski definition) is 3. The third kappa shape index (κ3) is 4.12. The second kappa shape index (κ2) is 8.68. The van der Waals surface area contributed by atoms with Crippen LogP contribution in [-0.4, -0.2) is 52.5 Å².